The number of hydrogen-bond donors (Lipinski definition) is 1. The summed E-state index contributed by atoms with van der Waals surface area (Å²) in [6.45, 7) is 8.95. The van der Waals surface area contributed by atoms with Gasteiger partial charge in [0.05, 0.1) is 0 Å². The third-order valence-electron chi connectivity index (χ3n) is 2.25. The van der Waals surface area contributed by atoms with Crippen molar-refractivity contribution in [2.75, 3.05) is 0 Å². The fourth-order valence-corrected chi connectivity index (χ4v) is 2.31. The zero-order chi connectivity index (χ0) is 14.0. The Labute approximate surface area is 111 Å². The molecular weight excluding hydrogens is 250 g/mol. The minimum absolute atomic E-state index is 0.584. The maximum absolute atomic E-state index is 11.7. The first-order chi connectivity index (χ1) is 8.16. The zero-order valence-corrected chi connectivity index (χ0v) is 12.2. The van der Waals surface area contributed by atoms with Crippen molar-refractivity contribution < 1.29 is 14.3 Å². The number of thiophene rings is 1. The van der Waals surface area contributed by atoms with Crippen molar-refractivity contribution >= 4 is 23.7 Å². The Kier molecular flexibility index (Phi) is 4.16. The highest BCUT2D eigenvalue weighted by atomic mass is 32.1. The monoisotopic (exact) mass is 269 g/mol. The molecule has 0 spiro atoms. The van der Waals surface area contributed by atoms with E-state index in [1.807, 2.05) is 19.1 Å². The van der Waals surface area contributed by atoms with E-state index in [9.17, 15) is 9.59 Å². The van der Waals surface area contributed by atoms with Gasteiger partial charge in [-0.25, -0.2) is 4.79 Å². The van der Waals surface area contributed by atoms with E-state index in [-0.39, 0.29) is 0 Å². The quantitative estimate of drug-likeness (QED) is 0.858. The summed E-state index contributed by atoms with van der Waals surface area (Å²) >= 11 is 1.48. The molecule has 1 unspecified atom stereocenters. The SMILES string of the molecule is Cc1ccc(C(C)(C=O)NC(=O)OC(C)(C)C)s1. The van der Waals surface area contributed by atoms with Crippen LogP contribution in [-0.2, 0) is 15.1 Å². The molecule has 1 N–H and O–H groups in total. The van der Waals surface area contributed by atoms with E-state index in [0.717, 1.165) is 16.0 Å². The highest BCUT2D eigenvalue weighted by Gasteiger charge is 2.31. The molecule has 0 aliphatic carbocycles. The van der Waals surface area contributed by atoms with Crippen LogP contribution in [0.4, 0.5) is 4.79 Å². The molecule has 1 amide bonds. The number of nitrogens with one attached hydrogen (secondary N) is 1. The molecule has 0 aliphatic rings. The van der Waals surface area contributed by atoms with Gasteiger partial charge in [0.2, 0.25) is 0 Å². The van der Waals surface area contributed by atoms with Crippen molar-refractivity contribution in [3.05, 3.63) is 21.9 Å². The van der Waals surface area contributed by atoms with Crippen LogP contribution in [0.15, 0.2) is 12.1 Å². The maximum atomic E-state index is 11.7. The Hall–Kier alpha value is -1.36. The standard InChI is InChI=1S/C13H19NO3S/c1-9-6-7-10(18-9)13(5,8-15)14-11(16)17-12(2,3)4/h6-8H,1-5H3,(H,14,16). The van der Waals surface area contributed by atoms with E-state index in [1.54, 1.807) is 27.7 Å². The van der Waals surface area contributed by atoms with Gasteiger partial charge >= 0.3 is 6.09 Å². The van der Waals surface area contributed by atoms with Crippen LogP contribution in [0.1, 0.15) is 37.4 Å². The van der Waals surface area contributed by atoms with E-state index in [4.69, 9.17) is 4.74 Å². The Morgan fingerprint density at radius 2 is 1.94 bits per heavy atom. The molecule has 5 heteroatoms. The smallest absolute Gasteiger partial charge is 0.408 e. The third-order valence-corrected chi connectivity index (χ3v) is 3.49. The highest BCUT2D eigenvalue weighted by molar-refractivity contribution is 7.12. The number of amides is 1. The van der Waals surface area contributed by atoms with Gasteiger partial charge in [0.15, 0.2) is 6.29 Å². The first kappa shape index (κ1) is 14.7. The normalized spacial score (nSPS) is 14.7. The first-order valence-corrected chi connectivity index (χ1v) is 6.52. The molecule has 1 aromatic rings. The minimum Gasteiger partial charge on any atom is -0.444 e. The van der Waals surface area contributed by atoms with Gasteiger partial charge in [0.25, 0.3) is 0 Å². The molecular formula is C13H19NO3S. The van der Waals surface area contributed by atoms with Crippen LogP contribution in [0.3, 0.4) is 0 Å². The van der Waals surface area contributed by atoms with Crippen molar-refractivity contribution in [3.63, 3.8) is 0 Å². The fraction of sp³-hybridized carbons (Fsp3) is 0.538. The molecule has 0 saturated carbocycles. The van der Waals surface area contributed by atoms with Gasteiger partial charge in [-0.3, -0.25) is 0 Å². The number of carbonyl (C=O) groups excluding carboxylic acids is 2. The molecule has 0 fully saturated rings. The van der Waals surface area contributed by atoms with Crippen LogP contribution in [0.5, 0.6) is 0 Å². The maximum Gasteiger partial charge on any atom is 0.408 e. The Morgan fingerprint density at radius 3 is 2.33 bits per heavy atom. The van der Waals surface area contributed by atoms with Gasteiger partial charge < -0.3 is 14.8 Å². The molecule has 0 aromatic carbocycles. The van der Waals surface area contributed by atoms with E-state index < -0.39 is 17.2 Å². The molecule has 1 aromatic heterocycles. The van der Waals surface area contributed by atoms with E-state index in [2.05, 4.69) is 5.32 Å². The highest BCUT2D eigenvalue weighted by Crippen LogP contribution is 2.26. The third kappa shape index (κ3) is 3.84. The van der Waals surface area contributed by atoms with Crippen LogP contribution in [0, 0.1) is 6.92 Å². The lowest BCUT2D eigenvalue weighted by Crippen LogP contribution is -2.46. The average Bonchev–Trinajstić information content (AvgIpc) is 2.62. The number of aryl methyl sites for hydroxylation is 1. The molecule has 0 aliphatic heterocycles. The van der Waals surface area contributed by atoms with Crippen LogP contribution < -0.4 is 5.32 Å². The topological polar surface area (TPSA) is 55.4 Å². The second-order valence-corrected chi connectivity index (χ2v) is 6.65. The van der Waals surface area contributed by atoms with Crippen molar-refractivity contribution in [2.45, 2.75) is 45.8 Å². The molecule has 1 atom stereocenters. The van der Waals surface area contributed by atoms with Gasteiger partial charge in [0, 0.05) is 9.75 Å². The predicted octanol–water partition coefficient (Wildman–Crippen LogP) is 3.00. The number of aldehydes is 1. The van der Waals surface area contributed by atoms with Crippen molar-refractivity contribution in [1.82, 2.24) is 5.32 Å². The number of rotatable bonds is 3. The fourth-order valence-electron chi connectivity index (χ4n) is 1.38. The van der Waals surface area contributed by atoms with Gasteiger partial charge in [-0.05, 0) is 46.8 Å². The molecule has 18 heavy (non-hydrogen) atoms. The Morgan fingerprint density at radius 1 is 1.33 bits per heavy atom. The summed E-state index contributed by atoms with van der Waals surface area (Å²) in [7, 11) is 0. The van der Waals surface area contributed by atoms with Crippen LogP contribution in [0.2, 0.25) is 0 Å². The summed E-state index contributed by atoms with van der Waals surface area (Å²) in [5.74, 6) is 0. The van der Waals surface area contributed by atoms with Crippen molar-refractivity contribution in [2.24, 2.45) is 0 Å². The summed E-state index contributed by atoms with van der Waals surface area (Å²) in [5.41, 5.74) is -1.62. The van der Waals surface area contributed by atoms with E-state index in [0.29, 0.717) is 0 Å². The van der Waals surface area contributed by atoms with E-state index in [1.165, 1.54) is 11.3 Å². The minimum atomic E-state index is -1.04. The summed E-state index contributed by atoms with van der Waals surface area (Å²) in [6, 6.07) is 3.75. The number of carbonyl (C=O) groups is 2. The molecule has 4 nitrogen and oxygen atoms in total. The lowest BCUT2D eigenvalue weighted by molar-refractivity contribution is -0.113. The number of alkyl carbamates (subject to hydrolysis) is 1. The molecule has 100 valence electrons. The molecule has 1 heterocycles. The molecule has 0 saturated heterocycles. The number of hydrogen-bond acceptors (Lipinski definition) is 4. The van der Waals surface area contributed by atoms with Gasteiger partial charge in [-0.1, -0.05) is 0 Å². The largest absolute Gasteiger partial charge is 0.444 e. The molecule has 0 bridgehead atoms. The van der Waals surface area contributed by atoms with Gasteiger partial charge in [-0.15, -0.1) is 11.3 Å². The second kappa shape index (κ2) is 5.10. The van der Waals surface area contributed by atoms with Gasteiger partial charge in [-0.2, -0.15) is 0 Å². The Bertz CT molecular complexity index is 447. The lowest BCUT2D eigenvalue weighted by Gasteiger charge is -2.26. The van der Waals surface area contributed by atoms with Crippen LogP contribution >= 0.6 is 11.3 Å². The molecule has 0 radical (unpaired) electrons. The number of ether oxygens (including phenoxy) is 1. The van der Waals surface area contributed by atoms with Gasteiger partial charge in [0.1, 0.15) is 11.1 Å². The molecule has 1 rings (SSSR count). The van der Waals surface area contributed by atoms with Crippen LogP contribution in [-0.4, -0.2) is 18.0 Å². The van der Waals surface area contributed by atoms with Crippen molar-refractivity contribution in [3.8, 4) is 0 Å². The zero-order valence-electron chi connectivity index (χ0n) is 11.4. The summed E-state index contributed by atoms with van der Waals surface area (Å²) in [6.07, 6.45) is 0.130. The predicted molar refractivity (Wildman–Crippen MR) is 71.8 cm³/mol. The van der Waals surface area contributed by atoms with Crippen LogP contribution in [0.25, 0.3) is 0 Å². The average molecular weight is 269 g/mol. The summed E-state index contributed by atoms with van der Waals surface area (Å²) in [5, 5.41) is 2.61. The second-order valence-electron chi connectivity index (χ2n) is 5.36. The van der Waals surface area contributed by atoms with Crippen molar-refractivity contribution in [1.29, 1.82) is 0 Å². The first-order valence-electron chi connectivity index (χ1n) is 5.71. The Balaban J connectivity index is 2.84. The lowest BCUT2D eigenvalue weighted by atomic mass is 10.0. The van der Waals surface area contributed by atoms with E-state index >= 15 is 0 Å². The summed E-state index contributed by atoms with van der Waals surface area (Å²) in [4.78, 5) is 24.9. The summed E-state index contributed by atoms with van der Waals surface area (Å²) < 4.78 is 5.16.